The summed E-state index contributed by atoms with van der Waals surface area (Å²) in [6.07, 6.45) is 1.57. The van der Waals surface area contributed by atoms with Crippen molar-refractivity contribution in [1.29, 1.82) is 0 Å². The lowest BCUT2D eigenvalue weighted by atomic mass is 10.2. The largest absolute Gasteiger partial charge is 0.492 e. The van der Waals surface area contributed by atoms with Crippen molar-refractivity contribution in [3.05, 3.63) is 42.7 Å². The van der Waals surface area contributed by atoms with Crippen molar-refractivity contribution >= 4 is 23.4 Å². The number of nitrogens with two attached hydrogens (primary N) is 2. The summed E-state index contributed by atoms with van der Waals surface area (Å²) in [5, 5.41) is 7.56. The van der Waals surface area contributed by atoms with E-state index in [4.69, 9.17) is 20.6 Å². The predicted molar refractivity (Wildman–Crippen MR) is 129 cm³/mol. The molecular formula is C22H28N10O2. The van der Waals surface area contributed by atoms with E-state index in [-0.39, 0.29) is 5.95 Å². The van der Waals surface area contributed by atoms with Crippen molar-refractivity contribution in [2.75, 3.05) is 68.4 Å². The highest BCUT2D eigenvalue weighted by molar-refractivity contribution is 5.53. The third kappa shape index (κ3) is 4.87. The van der Waals surface area contributed by atoms with Crippen molar-refractivity contribution in [1.82, 2.24) is 29.5 Å². The van der Waals surface area contributed by atoms with Gasteiger partial charge in [-0.15, -0.1) is 5.10 Å². The molecule has 4 aromatic rings. The normalized spacial score (nSPS) is 14.6. The molecule has 1 fully saturated rings. The third-order valence-corrected chi connectivity index (χ3v) is 5.65. The van der Waals surface area contributed by atoms with Crippen LogP contribution in [0.5, 0.6) is 5.75 Å². The van der Waals surface area contributed by atoms with E-state index in [1.807, 2.05) is 12.1 Å². The minimum atomic E-state index is 0.214. The first-order valence-corrected chi connectivity index (χ1v) is 11.3. The summed E-state index contributed by atoms with van der Waals surface area (Å²) < 4.78 is 12.3. The number of nitrogens with one attached hydrogen (secondary N) is 1. The first kappa shape index (κ1) is 21.9. The van der Waals surface area contributed by atoms with Crippen molar-refractivity contribution < 1.29 is 9.15 Å². The number of nitrogen functional groups attached to an aromatic ring is 1. The number of aromatic nitrogens is 5. The van der Waals surface area contributed by atoms with Crippen LogP contribution in [0.25, 0.3) is 17.4 Å². The summed E-state index contributed by atoms with van der Waals surface area (Å²) in [6.45, 7) is 6.50. The van der Waals surface area contributed by atoms with Gasteiger partial charge in [0.2, 0.25) is 17.7 Å². The van der Waals surface area contributed by atoms with Gasteiger partial charge in [0, 0.05) is 51.5 Å². The van der Waals surface area contributed by atoms with Gasteiger partial charge in [0.05, 0.1) is 6.26 Å². The van der Waals surface area contributed by atoms with Crippen molar-refractivity contribution in [3.63, 3.8) is 0 Å². The number of benzene rings is 1. The van der Waals surface area contributed by atoms with E-state index < -0.39 is 0 Å². The smallest absolute Gasteiger partial charge is 0.259 e. The molecule has 178 valence electrons. The molecule has 0 unspecified atom stereocenters. The second-order valence-electron chi connectivity index (χ2n) is 7.92. The molecule has 5 N–H and O–H groups in total. The van der Waals surface area contributed by atoms with Crippen LogP contribution in [0.2, 0.25) is 0 Å². The molecule has 4 heterocycles. The molecule has 12 nitrogen and oxygen atoms in total. The number of piperazine rings is 1. The quantitative estimate of drug-likeness (QED) is 0.325. The molecule has 34 heavy (non-hydrogen) atoms. The average molecular weight is 465 g/mol. The monoisotopic (exact) mass is 464 g/mol. The summed E-state index contributed by atoms with van der Waals surface area (Å²) in [4.78, 5) is 17.9. The predicted octanol–water partition coefficient (Wildman–Crippen LogP) is 0.933. The maximum atomic E-state index is 6.05. The Morgan fingerprint density at radius 2 is 1.85 bits per heavy atom. The Morgan fingerprint density at radius 3 is 2.59 bits per heavy atom. The summed E-state index contributed by atoms with van der Waals surface area (Å²) >= 11 is 0. The Bertz CT molecular complexity index is 1200. The van der Waals surface area contributed by atoms with Crippen molar-refractivity contribution in [3.8, 4) is 17.3 Å². The molecule has 0 spiro atoms. The Hall–Kier alpha value is -3.90. The molecule has 1 aromatic carbocycles. The zero-order chi connectivity index (χ0) is 23.3. The first-order chi connectivity index (χ1) is 16.7. The van der Waals surface area contributed by atoms with Gasteiger partial charge in [-0.05, 0) is 36.4 Å². The molecule has 1 saturated heterocycles. The topological polar surface area (TPSA) is 149 Å². The second kappa shape index (κ2) is 9.93. The number of hydrogen-bond acceptors (Lipinski definition) is 11. The molecule has 1 aliphatic rings. The van der Waals surface area contributed by atoms with Crippen LogP contribution in [-0.4, -0.2) is 81.9 Å². The summed E-state index contributed by atoms with van der Waals surface area (Å²) in [5.41, 5.74) is 12.7. The number of hydrogen-bond donors (Lipinski definition) is 3. The SMILES string of the molecule is NCCOc1ccc(N2CCN(CCNc3nc(N)n4nc(-c5ccco5)nc4n3)CC2)cc1. The van der Waals surface area contributed by atoms with Crippen LogP contribution in [0.3, 0.4) is 0 Å². The maximum absolute atomic E-state index is 6.05. The van der Waals surface area contributed by atoms with Crippen LogP contribution in [0.4, 0.5) is 17.6 Å². The first-order valence-electron chi connectivity index (χ1n) is 11.3. The minimum absolute atomic E-state index is 0.214. The van der Waals surface area contributed by atoms with E-state index in [0.717, 1.165) is 38.5 Å². The van der Waals surface area contributed by atoms with Gasteiger partial charge in [-0.2, -0.15) is 19.5 Å². The molecular weight excluding hydrogens is 436 g/mol. The third-order valence-electron chi connectivity index (χ3n) is 5.65. The molecule has 0 amide bonds. The van der Waals surface area contributed by atoms with Gasteiger partial charge in [0.25, 0.3) is 5.78 Å². The van der Waals surface area contributed by atoms with Gasteiger partial charge >= 0.3 is 0 Å². The van der Waals surface area contributed by atoms with Gasteiger partial charge in [0.15, 0.2) is 5.76 Å². The fourth-order valence-corrected chi connectivity index (χ4v) is 3.88. The highest BCUT2D eigenvalue weighted by Gasteiger charge is 2.18. The lowest BCUT2D eigenvalue weighted by molar-refractivity contribution is 0.267. The van der Waals surface area contributed by atoms with Gasteiger partial charge < -0.3 is 30.8 Å². The van der Waals surface area contributed by atoms with E-state index in [0.29, 0.717) is 43.0 Å². The number of rotatable bonds is 9. The summed E-state index contributed by atoms with van der Waals surface area (Å²) in [6, 6.07) is 11.8. The molecule has 1 aliphatic heterocycles. The fraction of sp³-hybridized carbons (Fsp3) is 0.364. The van der Waals surface area contributed by atoms with Gasteiger partial charge in [0.1, 0.15) is 12.4 Å². The Kier molecular flexibility index (Phi) is 6.40. The highest BCUT2D eigenvalue weighted by Crippen LogP contribution is 2.21. The zero-order valence-electron chi connectivity index (χ0n) is 18.8. The number of fused-ring (bicyclic) bond motifs is 1. The van der Waals surface area contributed by atoms with Gasteiger partial charge in [-0.3, -0.25) is 4.90 Å². The number of anilines is 3. The van der Waals surface area contributed by atoms with Gasteiger partial charge in [-0.25, -0.2) is 0 Å². The average Bonchev–Trinajstić information content (AvgIpc) is 3.54. The van der Waals surface area contributed by atoms with Crippen LogP contribution >= 0.6 is 0 Å². The minimum Gasteiger partial charge on any atom is -0.492 e. The van der Waals surface area contributed by atoms with Crippen LogP contribution in [0, 0.1) is 0 Å². The number of nitrogens with zero attached hydrogens (tertiary/aromatic N) is 7. The van der Waals surface area contributed by atoms with Crippen LogP contribution < -0.4 is 26.4 Å². The molecule has 0 radical (unpaired) electrons. The fourth-order valence-electron chi connectivity index (χ4n) is 3.88. The van der Waals surface area contributed by atoms with Crippen LogP contribution in [-0.2, 0) is 0 Å². The second-order valence-corrected chi connectivity index (χ2v) is 7.92. The Balaban J connectivity index is 1.11. The van der Waals surface area contributed by atoms with Crippen LogP contribution in [0.15, 0.2) is 47.1 Å². The molecule has 3 aromatic heterocycles. The summed E-state index contributed by atoms with van der Waals surface area (Å²) in [7, 11) is 0. The number of furan rings is 1. The lowest BCUT2D eigenvalue weighted by Gasteiger charge is -2.36. The Labute approximate surface area is 196 Å². The molecule has 0 bridgehead atoms. The molecule has 5 rings (SSSR count). The maximum Gasteiger partial charge on any atom is 0.259 e. The summed E-state index contributed by atoms with van der Waals surface area (Å²) in [5.74, 6) is 2.83. The zero-order valence-corrected chi connectivity index (χ0v) is 18.8. The lowest BCUT2D eigenvalue weighted by Crippen LogP contribution is -2.47. The van der Waals surface area contributed by atoms with Crippen LogP contribution in [0.1, 0.15) is 0 Å². The van der Waals surface area contributed by atoms with Gasteiger partial charge in [-0.1, -0.05) is 0 Å². The van der Waals surface area contributed by atoms with Crippen molar-refractivity contribution in [2.45, 2.75) is 0 Å². The molecule has 0 saturated carbocycles. The molecule has 0 aliphatic carbocycles. The van der Waals surface area contributed by atoms with E-state index >= 15 is 0 Å². The van der Waals surface area contributed by atoms with E-state index in [2.05, 4.69) is 47.3 Å². The van der Waals surface area contributed by atoms with E-state index in [9.17, 15) is 0 Å². The molecule has 12 heteroatoms. The van der Waals surface area contributed by atoms with E-state index in [1.165, 1.54) is 10.2 Å². The highest BCUT2D eigenvalue weighted by atomic mass is 16.5. The standard InChI is InChI=1S/C22H28N10O2/c23-7-15-33-17-5-3-16(4-6-17)31-12-10-30(11-13-31)9-8-25-21-27-20(24)32-22(28-21)26-19(29-32)18-2-1-14-34-18/h1-6,14H,7-13,15,23H2,(H3,24,25,26,27,28,29). The van der Waals surface area contributed by atoms with E-state index in [1.54, 1.807) is 18.4 Å². The number of ether oxygens (including phenoxy) is 1. The van der Waals surface area contributed by atoms with Crippen molar-refractivity contribution in [2.24, 2.45) is 5.73 Å². The Morgan fingerprint density at radius 1 is 1.03 bits per heavy atom. The molecule has 0 atom stereocenters.